The molecule has 0 bridgehead atoms. The maximum Gasteiger partial charge on any atom is 0.242 e. The van der Waals surface area contributed by atoms with E-state index < -0.39 is 0 Å². The Bertz CT molecular complexity index is 710. The normalized spacial score (nSPS) is 26.1. The lowest BCUT2D eigenvalue weighted by atomic mass is 9.85. The van der Waals surface area contributed by atoms with Crippen LogP contribution in [-0.2, 0) is 4.79 Å². The van der Waals surface area contributed by atoms with Crippen LogP contribution in [0.1, 0.15) is 37.7 Å². The first-order chi connectivity index (χ1) is 11.7. The van der Waals surface area contributed by atoms with Gasteiger partial charge in [0.15, 0.2) is 5.82 Å². The quantitative estimate of drug-likeness (QED) is 0.912. The van der Waals surface area contributed by atoms with E-state index >= 15 is 0 Å². The van der Waals surface area contributed by atoms with Gasteiger partial charge in [-0.1, -0.05) is 31.0 Å². The second kappa shape index (κ2) is 6.40. The molecule has 1 amide bonds. The zero-order valence-electron chi connectivity index (χ0n) is 14.0. The van der Waals surface area contributed by atoms with Crippen molar-refractivity contribution in [2.75, 3.05) is 5.32 Å². The molecule has 126 valence electrons. The SMILES string of the molecule is Cc1cn(-c2ccccc2)nc1NC(=O)[C@@H]1C[C@H]2CCCC[C@@H]2N1. The zero-order valence-corrected chi connectivity index (χ0v) is 14.0. The number of fused-ring (bicyclic) bond motifs is 1. The van der Waals surface area contributed by atoms with Gasteiger partial charge in [-0.2, -0.15) is 0 Å². The van der Waals surface area contributed by atoms with Crippen LogP contribution in [0.4, 0.5) is 5.82 Å². The van der Waals surface area contributed by atoms with E-state index in [-0.39, 0.29) is 11.9 Å². The molecule has 2 heterocycles. The molecule has 2 aliphatic rings. The minimum Gasteiger partial charge on any atom is -0.308 e. The Balaban J connectivity index is 1.46. The molecule has 24 heavy (non-hydrogen) atoms. The van der Waals surface area contributed by atoms with Crippen molar-refractivity contribution >= 4 is 11.7 Å². The number of amides is 1. The van der Waals surface area contributed by atoms with Crippen LogP contribution in [0.15, 0.2) is 36.5 Å². The Morgan fingerprint density at radius 3 is 2.83 bits per heavy atom. The van der Waals surface area contributed by atoms with Gasteiger partial charge in [0.2, 0.25) is 5.91 Å². The molecule has 1 aromatic carbocycles. The van der Waals surface area contributed by atoms with Gasteiger partial charge >= 0.3 is 0 Å². The summed E-state index contributed by atoms with van der Waals surface area (Å²) in [5.41, 5.74) is 1.97. The predicted octanol–water partition coefficient (Wildman–Crippen LogP) is 3.04. The topological polar surface area (TPSA) is 59.0 Å². The van der Waals surface area contributed by atoms with Crippen molar-refractivity contribution < 1.29 is 4.79 Å². The molecule has 1 aliphatic carbocycles. The molecule has 0 spiro atoms. The number of aryl methyl sites for hydroxylation is 1. The molecule has 1 aliphatic heterocycles. The number of aromatic nitrogens is 2. The molecule has 1 saturated carbocycles. The summed E-state index contributed by atoms with van der Waals surface area (Å²) in [4.78, 5) is 12.6. The second-order valence-corrected chi connectivity index (χ2v) is 7.04. The molecule has 2 fully saturated rings. The lowest BCUT2D eigenvalue weighted by Crippen LogP contribution is -2.40. The van der Waals surface area contributed by atoms with Crippen molar-refractivity contribution in [1.29, 1.82) is 0 Å². The summed E-state index contributed by atoms with van der Waals surface area (Å²) in [5, 5.41) is 11.1. The van der Waals surface area contributed by atoms with Gasteiger partial charge in [-0.25, -0.2) is 4.68 Å². The number of hydrogen-bond acceptors (Lipinski definition) is 3. The Kier molecular flexibility index (Phi) is 4.10. The first kappa shape index (κ1) is 15.4. The average Bonchev–Trinajstić information content (AvgIpc) is 3.20. The minimum absolute atomic E-state index is 0.0470. The van der Waals surface area contributed by atoms with Crippen molar-refractivity contribution in [3.8, 4) is 5.69 Å². The standard InChI is InChI=1S/C19H24N4O/c1-13-12-23(15-8-3-2-4-9-15)22-18(13)21-19(24)17-11-14-7-5-6-10-16(14)20-17/h2-4,8-9,12,14,16-17,20H,5-7,10-11H2,1H3,(H,21,22,24)/t14-,16+,17+/m1/s1. The van der Waals surface area contributed by atoms with Gasteiger partial charge in [0.1, 0.15) is 0 Å². The molecule has 5 heteroatoms. The summed E-state index contributed by atoms with van der Waals surface area (Å²) >= 11 is 0. The van der Waals surface area contributed by atoms with Crippen LogP contribution in [-0.4, -0.2) is 27.8 Å². The summed E-state index contributed by atoms with van der Waals surface area (Å²) in [7, 11) is 0. The second-order valence-electron chi connectivity index (χ2n) is 7.04. The summed E-state index contributed by atoms with van der Waals surface area (Å²) < 4.78 is 1.81. The molecule has 3 atom stereocenters. The van der Waals surface area contributed by atoms with Crippen molar-refractivity contribution in [2.24, 2.45) is 5.92 Å². The number of rotatable bonds is 3. The molecule has 1 saturated heterocycles. The fourth-order valence-corrected chi connectivity index (χ4v) is 4.02. The van der Waals surface area contributed by atoms with Gasteiger partial charge in [-0.05, 0) is 44.2 Å². The minimum atomic E-state index is -0.0839. The zero-order chi connectivity index (χ0) is 16.5. The Labute approximate surface area is 142 Å². The maximum atomic E-state index is 12.6. The fourth-order valence-electron chi connectivity index (χ4n) is 4.02. The number of nitrogens with one attached hydrogen (secondary N) is 2. The number of carbonyl (C=O) groups is 1. The van der Waals surface area contributed by atoms with Crippen LogP contribution in [0.2, 0.25) is 0 Å². The van der Waals surface area contributed by atoms with Crippen molar-refractivity contribution in [1.82, 2.24) is 15.1 Å². The Hall–Kier alpha value is -2.14. The summed E-state index contributed by atoms with van der Waals surface area (Å²) in [6.45, 7) is 1.98. The van der Waals surface area contributed by atoms with Gasteiger partial charge in [0, 0.05) is 17.8 Å². The van der Waals surface area contributed by atoms with E-state index in [0.717, 1.165) is 17.7 Å². The molecule has 0 unspecified atom stereocenters. The van der Waals surface area contributed by atoms with Crippen LogP contribution in [0.25, 0.3) is 5.69 Å². The first-order valence-electron chi connectivity index (χ1n) is 8.89. The molecule has 5 nitrogen and oxygen atoms in total. The third kappa shape index (κ3) is 2.96. The average molecular weight is 324 g/mol. The number of benzene rings is 1. The Morgan fingerprint density at radius 1 is 1.25 bits per heavy atom. The van der Waals surface area contributed by atoms with Crippen molar-refractivity contribution in [3.63, 3.8) is 0 Å². The number of hydrogen-bond donors (Lipinski definition) is 2. The molecule has 2 aromatic rings. The highest BCUT2D eigenvalue weighted by molar-refractivity contribution is 5.94. The van der Waals surface area contributed by atoms with Crippen LogP contribution >= 0.6 is 0 Å². The van der Waals surface area contributed by atoms with Gasteiger partial charge in [-0.3, -0.25) is 4.79 Å². The number of carbonyl (C=O) groups excluding carboxylic acids is 1. The lowest BCUT2D eigenvalue weighted by Gasteiger charge is -2.24. The molecule has 2 N–H and O–H groups in total. The maximum absolute atomic E-state index is 12.6. The van der Waals surface area contributed by atoms with Gasteiger partial charge in [0.25, 0.3) is 0 Å². The van der Waals surface area contributed by atoms with E-state index in [1.54, 1.807) is 0 Å². The fraction of sp³-hybridized carbons (Fsp3) is 0.474. The van der Waals surface area contributed by atoms with Crippen LogP contribution < -0.4 is 10.6 Å². The third-order valence-corrected chi connectivity index (χ3v) is 5.34. The monoisotopic (exact) mass is 324 g/mol. The van der Waals surface area contributed by atoms with E-state index in [2.05, 4.69) is 15.7 Å². The smallest absolute Gasteiger partial charge is 0.242 e. The van der Waals surface area contributed by atoms with Gasteiger partial charge < -0.3 is 10.6 Å². The highest BCUT2D eigenvalue weighted by atomic mass is 16.2. The van der Waals surface area contributed by atoms with Gasteiger partial charge in [0.05, 0.1) is 11.7 Å². The van der Waals surface area contributed by atoms with E-state index in [4.69, 9.17) is 0 Å². The summed E-state index contributed by atoms with van der Waals surface area (Å²) in [6.07, 6.45) is 7.95. The van der Waals surface area contributed by atoms with E-state index in [9.17, 15) is 4.79 Å². The molecular weight excluding hydrogens is 300 g/mol. The predicted molar refractivity (Wildman–Crippen MR) is 94.2 cm³/mol. The third-order valence-electron chi connectivity index (χ3n) is 5.34. The highest BCUT2D eigenvalue weighted by Gasteiger charge is 2.38. The van der Waals surface area contributed by atoms with E-state index in [1.807, 2.05) is 48.1 Å². The van der Waals surface area contributed by atoms with E-state index in [0.29, 0.717) is 17.8 Å². The number of para-hydroxylation sites is 1. The number of nitrogens with zero attached hydrogens (tertiary/aromatic N) is 2. The van der Waals surface area contributed by atoms with E-state index in [1.165, 1.54) is 25.7 Å². The first-order valence-corrected chi connectivity index (χ1v) is 8.89. The summed E-state index contributed by atoms with van der Waals surface area (Å²) in [5.74, 6) is 1.36. The summed E-state index contributed by atoms with van der Waals surface area (Å²) in [6, 6.07) is 10.4. The van der Waals surface area contributed by atoms with Crippen molar-refractivity contribution in [3.05, 3.63) is 42.1 Å². The van der Waals surface area contributed by atoms with Crippen LogP contribution in [0, 0.1) is 12.8 Å². The van der Waals surface area contributed by atoms with Gasteiger partial charge in [-0.15, -0.1) is 5.10 Å². The largest absolute Gasteiger partial charge is 0.308 e. The van der Waals surface area contributed by atoms with Crippen LogP contribution in [0.3, 0.4) is 0 Å². The van der Waals surface area contributed by atoms with Crippen molar-refractivity contribution in [2.45, 2.75) is 51.1 Å². The number of anilines is 1. The lowest BCUT2D eigenvalue weighted by molar-refractivity contribution is -0.117. The molecule has 4 rings (SSSR count). The molecule has 0 radical (unpaired) electrons. The highest BCUT2D eigenvalue weighted by Crippen LogP contribution is 2.33. The molecule has 1 aromatic heterocycles. The van der Waals surface area contributed by atoms with Crippen LogP contribution in [0.5, 0.6) is 0 Å². The Morgan fingerprint density at radius 2 is 2.04 bits per heavy atom. The molecular formula is C19H24N4O.